The molecule has 0 aliphatic rings. The number of rotatable bonds is 4. The van der Waals surface area contributed by atoms with Gasteiger partial charge in [0.2, 0.25) is 0 Å². The first kappa shape index (κ1) is 11.9. The molecule has 15 heavy (non-hydrogen) atoms. The highest BCUT2D eigenvalue weighted by molar-refractivity contribution is 5.29. The van der Waals surface area contributed by atoms with E-state index in [1.54, 1.807) is 20.0 Å². The van der Waals surface area contributed by atoms with Gasteiger partial charge in [-0.15, -0.1) is 0 Å². The molecule has 0 aliphatic heterocycles. The van der Waals surface area contributed by atoms with Crippen LogP contribution in [-0.4, -0.2) is 40.0 Å². The van der Waals surface area contributed by atoms with Crippen molar-refractivity contribution in [1.29, 1.82) is 0 Å². The minimum absolute atomic E-state index is 0.108. The number of aliphatic hydroxyl groups is 2. The Bertz CT molecular complexity index is 330. The molecular formula is C10H16N2O3. The second-order valence-electron chi connectivity index (χ2n) is 3.43. The highest BCUT2D eigenvalue weighted by Crippen LogP contribution is 2.24. The summed E-state index contributed by atoms with van der Waals surface area (Å²) in [5.41, 5.74) is 0.788. The van der Waals surface area contributed by atoms with Gasteiger partial charge < -0.3 is 20.6 Å². The van der Waals surface area contributed by atoms with Gasteiger partial charge >= 0.3 is 0 Å². The first-order valence-electron chi connectivity index (χ1n) is 4.73. The largest absolute Gasteiger partial charge is 0.506 e. The van der Waals surface area contributed by atoms with Crippen molar-refractivity contribution < 1.29 is 15.3 Å². The average molecular weight is 212 g/mol. The Kier molecular flexibility index (Phi) is 4.02. The number of pyridine rings is 1. The van der Waals surface area contributed by atoms with Crippen LogP contribution in [0.4, 0.5) is 0 Å². The van der Waals surface area contributed by atoms with Crippen molar-refractivity contribution in [3.63, 3.8) is 0 Å². The van der Waals surface area contributed by atoms with E-state index in [0.29, 0.717) is 5.69 Å². The van der Waals surface area contributed by atoms with E-state index in [9.17, 15) is 15.3 Å². The van der Waals surface area contributed by atoms with Crippen molar-refractivity contribution in [3.05, 3.63) is 23.5 Å². The summed E-state index contributed by atoms with van der Waals surface area (Å²) in [7, 11) is 1.67. The van der Waals surface area contributed by atoms with Gasteiger partial charge in [-0.3, -0.25) is 4.98 Å². The quantitative estimate of drug-likeness (QED) is 0.551. The molecule has 5 nitrogen and oxygen atoms in total. The minimum atomic E-state index is -1.18. The van der Waals surface area contributed by atoms with E-state index in [0.717, 1.165) is 0 Å². The number of likely N-dealkylation sites (N-methyl/N-ethyl adjacent to an activating group) is 1. The van der Waals surface area contributed by atoms with Gasteiger partial charge in [-0.25, -0.2) is 0 Å². The fraction of sp³-hybridized carbons (Fsp3) is 0.500. The highest BCUT2D eigenvalue weighted by Gasteiger charge is 2.22. The van der Waals surface area contributed by atoms with Gasteiger partial charge in [0.25, 0.3) is 0 Å². The van der Waals surface area contributed by atoms with Gasteiger partial charge in [0, 0.05) is 12.2 Å². The summed E-state index contributed by atoms with van der Waals surface area (Å²) in [6.07, 6.45) is -2.17. The molecule has 0 radical (unpaired) electrons. The van der Waals surface area contributed by atoms with E-state index >= 15 is 0 Å². The summed E-state index contributed by atoms with van der Waals surface area (Å²) < 4.78 is 0. The zero-order chi connectivity index (χ0) is 11.4. The zero-order valence-corrected chi connectivity index (χ0v) is 8.81. The lowest BCUT2D eigenvalue weighted by atomic mass is 10.1. The Morgan fingerprint density at radius 3 is 2.67 bits per heavy atom. The van der Waals surface area contributed by atoms with Crippen LogP contribution in [0.25, 0.3) is 0 Å². The van der Waals surface area contributed by atoms with Gasteiger partial charge in [-0.05, 0) is 26.1 Å². The van der Waals surface area contributed by atoms with E-state index in [1.165, 1.54) is 6.07 Å². The second kappa shape index (κ2) is 5.06. The molecule has 0 aliphatic carbocycles. The SMILES string of the molecule is CNCC(O)C(O)c1nc(C)ccc1O. The molecule has 4 N–H and O–H groups in total. The maximum absolute atomic E-state index is 9.71. The number of aromatic hydroxyl groups is 1. The van der Waals surface area contributed by atoms with Crippen LogP contribution < -0.4 is 5.32 Å². The molecule has 0 spiro atoms. The Hall–Kier alpha value is -1.17. The molecule has 2 unspecified atom stereocenters. The lowest BCUT2D eigenvalue weighted by molar-refractivity contribution is 0.0161. The Balaban J connectivity index is 2.89. The standard InChI is InChI=1S/C10H16N2O3/c1-6-3-4-7(13)9(12-6)10(15)8(14)5-11-2/h3-4,8,10-11,13-15H,5H2,1-2H3. The Labute approximate surface area is 88.4 Å². The average Bonchev–Trinajstić information content (AvgIpc) is 2.21. The lowest BCUT2D eigenvalue weighted by Gasteiger charge is -2.18. The lowest BCUT2D eigenvalue weighted by Crippen LogP contribution is -2.30. The Morgan fingerprint density at radius 1 is 1.40 bits per heavy atom. The summed E-state index contributed by atoms with van der Waals surface area (Å²) in [5, 5.41) is 31.4. The Morgan fingerprint density at radius 2 is 2.07 bits per heavy atom. The van der Waals surface area contributed by atoms with Crippen molar-refractivity contribution in [2.45, 2.75) is 19.1 Å². The molecule has 1 rings (SSSR count). The van der Waals surface area contributed by atoms with Crippen LogP contribution in [0.5, 0.6) is 5.75 Å². The highest BCUT2D eigenvalue weighted by atomic mass is 16.3. The molecule has 0 bridgehead atoms. The van der Waals surface area contributed by atoms with Crippen molar-refractivity contribution in [2.24, 2.45) is 0 Å². The number of aryl methyl sites for hydroxylation is 1. The first-order valence-corrected chi connectivity index (χ1v) is 4.73. The van der Waals surface area contributed by atoms with Crippen LogP contribution >= 0.6 is 0 Å². The fourth-order valence-electron chi connectivity index (χ4n) is 1.29. The molecule has 0 aromatic carbocycles. The topological polar surface area (TPSA) is 85.6 Å². The van der Waals surface area contributed by atoms with Gasteiger partial charge in [0.15, 0.2) is 0 Å². The van der Waals surface area contributed by atoms with Crippen LogP contribution in [0.3, 0.4) is 0 Å². The van der Waals surface area contributed by atoms with Gasteiger partial charge in [0.05, 0.1) is 6.10 Å². The third-order valence-electron chi connectivity index (χ3n) is 2.10. The molecule has 2 atom stereocenters. The first-order chi connectivity index (χ1) is 7.06. The third-order valence-corrected chi connectivity index (χ3v) is 2.10. The fourth-order valence-corrected chi connectivity index (χ4v) is 1.29. The van der Waals surface area contributed by atoms with E-state index in [-0.39, 0.29) is 18.0 Å². The molecule has 0 saturated heterocycles. The smallest absolute Gasteiger partial charge is 0.139 e. The van der Waals surface area contributed by atoms with Crippen LogP contribution in [0.15, 0.2) is 12.1 Å². The number of hydrogen-bond donors (Lipinski definition) is 4. The number of nitrogens with zero attached hydrogens (tertiary/aromatic N) is 1. The summed E-state index contributed by atoms with van der Waals surface area (Å²) in [6, 6.07) is 3.09. The molecule has 1 aromatic rings. The molecule has 84 valence electrons. The van der Waals surface area contributed by atoms with Gasteiger partial charge in [0.1, 0.15) is 17.5 Å². The third kappa shape index (κ3) is 2.89. The molecule has 5 heteroatoms. The molecule has 0 saturated carbocycles. The van der Waals surface area contributed by atoms with Crippen molar-refractivity contribution in [3.8, 4) is 5.75 Å². The summed E-state index contributed by atoms with van der Waals surface area (Å²) in [6.45, 7) is 1.98. The molecule has 0 fully saturated rings. The number of aromatic nitrogens is 1. The monoisotopic (exact) mass is 212 g/mol. The summed E-state index contributed by atoms with van der Waals surface area (Å²) in [5.74, 6) is -0.108. The van der Waals surface area contributed by atoms with E-state index < -0.39 is 12.2 Å². The number of nitrogens with one attached hydrogen (secondary N) is 1. The summed E-state index contributed by atoms with van der Waals surface area (Å²) >= 11 is 0. The predicted molar refractivity (Wildman–Crippen MR) is 55.5 cm³/mol. The van der Waals surface area contributed by atoms with E-state index in [2.05, 4.69) is 10.3 Å². The van der Waals surface area contributed by atoms with Crippen molar-refractivity contribution in [1.82, 2.24) is 10.3 Å². The maximum atomic E-state index is 9.71. The van der Waals surface area contributed by atoms with E-state index in [1.807, 2.05) is 0 Å². The van der Waals surface area contributed by atoms with Crippen LogP contribution in [0.1, 0.15) is 17.5 Å². The van der Waals surface area contributed by atoms with Gasteiger partial charge in [-0.2, -0.15) is 0 Å². The van der Waals surface area contributed by atoms with E-state index in [4.69, 9.17) is 0 Å². The zero-order valence-electron chi connectivity index (χ0n) is 8.81. The maximum Gasteiger partial charge on any atom is 0.139 e. The van der Waals surface area contributed by atoms with Crippen LogP contribution in [0, 0.1) is 6.92 Å². The molecule has 1 aromatic heterocycles. The molecule has 1 heterocycles. The van der Waals surface area contributed by atoms with Crippen LogP contribution in [0.2, 0.25) is 0 Å². The number of hydrogen-bond acceptors (Lipinski definition) is 5. The normalized spacial score (nSPS) is 14.9. The summed E-state index contributed by atoms with van der Waals surface area (Å²) in [4.78, 5) is 3.99. The minimum Gasteiger partial charge on any atom is -0.506 e. The predicted octanol–water partition coefficient (Wildman–Crippen LogP) is -0.291. The molecular weight excluding hydrogens is 196 g/mol. The number of aliphatic hydroxyl groups excluding tert-OH is 2. The molecule has 0 amide bonds. The van der Waals surface area contributed by atoms with Crippen molar-refractivity contribution in [2.75, 3.05) is 13.6 Å². The second-order valence-corrected chi connectivity index (χ2v) is 3.43. The van der Waals surface area contributed by atoms with Crippen LogP contribution in [-0.2, 0) is 0 Å². The van der Waals surface area contributed by atoms with Gasteiger partial charge in [-0.1, -0.05) is 0 Å². The van der Waals surface area contributed by atoms with Crippen molar-refractivity contribution >= 4 is 0 Å².